The number of carbonyl (C=O) groups is 1. The molecule has 3 heteroatoms. The Labute approximate surface area is 127 Å². The van der Waals surface area contributed by atoms with E-state index in [4.69, 9.17) is 11.6 Å². The Morgan fingerprint density at radius 2 is 1.80 bits per heavy atom. The fourth-order valence-corrected chi connectivity index (χ4v) is 2.66. The number of rotatable bonds is 10. The molecule has 2 nitrogen and oxygen atoms in total. The number of carboxylic acid groups (broad SMARTS) is 1. The Bertz CT molecular complexity index is 404. The van der Waals surface area contributed by atoms with Gasteiger partial charge in [0, 0.05) is 5.02 Å². The summed E-state index contributed by atoms with van der Waals surface area (Å²) in [6.45, 7) is 2.21. The molecule has 0 bridgehead atoms. The standard InChI is InChI=1S/C17H25ClO2/c1-2-3-4-5-6-7-8-12-16(17(19)20)14-10-9-11-15(18)13-14/h9-11,13,16H,2-8,12H2,1H3,(H,19,20). The third-order valence-corrected chi connectivity index (χ3v) is 3.88. The summed E-state index contributed by atoms with van der Waals surface area (Å²) in [7, 11) is 0. The van der Waals surface area contributed by atoms with Crippen LogP contribution in [0.3, 0.4) is 0 Å². The molecule has 0 aliphatic heterocycles. The predicted octanol–water partition coefficient (Wildman–Crippen LogP) is 5.65. The Morgan fingerprint density at radius 1 is 1.15 bits per heavy atom. The first-order valence-corrected chi connectivity index (χ1v) is 8.01. The quantitative estimate of drug-likeness (QED) is 0.567. The summed E-state index contributed by atoms with van der Waals surface area (Å²) >= 11 is 5.93. The van der Waals surface area contributed by atoms with Crippen molar-refractivity contribution in [2.24, 2.45) is 0 Å². The van der Waals surface area contributed by atoms with E-state index in [9.17, 15) is 9.90 Å². The number of hydrogen-bond donors (Lipinski definition) is 1. The van der Waals surface area contributed by atoms with E-state index in [-0.39, 0.29) is 0 Å². The van der Waals surface area contributed by atoms with Crippen molar-refractivity contribution in [1.29, 1.82) is 0 Å². The van der Waals surface area contributed by atoms with Crippen molar-refractivity contribution in [2.45, 2.75) is 64.2 Å². The van der Waals surface area contributed by atoms with Crippen molar-refractivity contribution in [2.75, 3.05) is 0 Å². The van der Waals surface area contributed by atoms with E-state index in [1.165, 1.54) is 32.1 Å². The Kier molecular flexibility index (Phi) is 8.36. The lowest BCUT2D eigenvalue weighted by Crippen LogP contribution is -2.11. The average molecular weight is 297 g/mol. The van der Waals surface area contributed by atoms with E-state index in [0.29, 0.717) is 11.4 Å². The highest BCUT2D eigenvalue weighted by atomic mass is 35.5. The lowest BCUT2D eigenvalue weighted by molar-refractivity contribution is -0.139. The van der Waals surface area contributed by atoms with Crippen LogP contribution in [0.25, 0.3) is 0 Å². The minimum absolute atomic E-state index is 0.427. The summed E-state index contributed by atoms with van der Waals surface area (Å²) in [6, 6.07) is 7.21. The fourth-order valence-electron chi connectivity index (χ4n) is 2.46. The first kappa shape index (κ1) is 17.0. The molecule has 112 valence electrons. The van der Waals surface area contributed by atoms with Crippen LogP contribution in [0.1, 0.15) is 69.8 Å². The van der Waals surface area contributed by atoms with Crippen LogP contribution in [0.4, 0.5) is 0 Å². The second-order valence-corrected chi connectivity index (χ2v) is 5.79. The molecule has 0 aromatic heterocycles. The molecular weight excluding hydrogens is 272 g/mol. The summed E-state index contributed by atoms with van der Waals surface area (Å²) in [6.07, 6.45) is 9.13. The zero-order valence-electron chi connectivity index (χ0n) is 12.3. The first-order valence-electron chi connectivity index (χ1n) is 7.63. The zero-order chi connectivity index (χ0) is 14.8. The minimum atomic E-state index is -0.752. The van der Waals surface area contributed by atoms with Crippen molar-refractivity contribution in [3.63, 3.8) is 0 Å². The van der Waals surface area contributed by atoms with Gasteiger partial charge in [-0.2, -0.15) is 0 Å². The Morgan fingerprint density at radius 3 is 2.40 bits per heavy atom. The van der Waals surface area contributed by atoms with Gasteiger partial charge in [-0.15, -0.1) is 0 Å². The van der Waals surface area contributed by atoms with Crippen LogP contribution in [-0.2, 0) is 4.79 Å². The molecule has 0 spiro atoms. The number of hydrogen-bond acceptors (Lipinski definition) is 1. The number of aliphatic carboxylic acids is 1. The molecule has 0 aliphatic carbocycles. The number of unbranched alkanes of at least 4 members (excludes halogenated alkanes) is 6. The van der Waals surface area contributed by atoms with E-state index in [1.54, 1.807) is 12.1 Å². The number of carboxylic acids is 1. The lowest BCUT2D eigenvalue weighted by Gasteiger charge is -2.13. The molecule has 0 radical (unpaired) electrons. The molecule has 0 saturated carbocycles. The SMILES string of the molecule is CCCCCCCCCC(C(=O)O)c1cccc(Cl)c1. The van der Waals surface area contributed by atoms with Gasteiger partial charge in [0.05, 0.1) is 5.92 Å². The van der Waals surface area contributed by atoms with Crippen LogP contribution in [0.2, 0.25) is 5.02 Å². The number of halogens is 1. The van der Waals surface area contributed by atoms with Gasteiger partial charge in [0.2, 0.25) is 0 Å². The van der Waals surface area contributed by atoms with Gasteiger partial charge >= 0.3 is 5.97 Å². The molecule has 1 unspecified atom stereocenters. The molecule has 1 N–H and O–H groups in total. The highest BCUT2D eigenvalue weighted by Crippen LogP contribution is 2.25. The summed E-state index contributed by atoms with van der Waals surface area (Å²) in [5.41, 5.74) is 0.816. The van der Waals surface area contributed by atoms with Crippen molar-refractivity contribution < 1.29 is 9.90 Å². The maximum atomic E-state index is 11.4. The topological polar surface area (TPSA) is 37.3 Å². The second kappa shape index (κ2) is 9.82. The second-order valence-electron chi connectivity index (χ2n) is 5.36. The summed E-state index contributed by atoms with van der Waals surface area (Å²) in [5.74, 6) is -1.18. The zero-order valence-corrected chi connectivity index (χ0v) is 13.0. The summed E-state index contributed by atoms with van der Waals surface area (Å²) in [4.78, 5) is 11.4. The fraction of sp³-hybridized carbons (Fsp3) is 0.588. The van der Waals surface area contributed by atoms with Crippen LogP contribution >= 0.6 is 11.6 Å². The van der Waals surface area contributed by atoms with Crippen molar-refractivity contribution in [3.8, 4) is 0 Å². The Hall–Kier alpha value is -1.02. The third kappa shape index (κ3) is 6.42. The van der Waals surface area contributed by atoms with Gasteiger partial charge in [0.25, 0.3) is 0 Å². The van der Waals surface area contributed by atoms with E-state index in [0.717, 1.165) is 18.4 Å². The van der Waals surface area contributed by atoms with Gasteiger partial charge in [0.1, 0.15) is 0 Å². The Balaban J connectivity index is 2.35. The normalized spacial score (nSPS) is 12.3. The molecule has 0 fully saturated rings. The molecule has 1 aromatic rings. The first-order chi connectivity index (χ1) is 9.65. The maximum absolute atomic E-state index is 11.4. The largest absolute Gasteiger partial charge is 0.481 e. The van der Waals surface area contributed by atoms with E-state index < -0.39 is 11.9 Å². The monoisotopic (exact) mass is 296 g/mol. The smallest absolute Gasteiger partial charge is 0.310 e. The van der Waals surface area contributed by atoms with Crippen LogP contribution in [-0.4, -0.2) is 11.1 Å². The molecule has 1 rings (SSSR count). The molecule has 1 atom stereocenters. The van der Waals surface area contributed by atoms with E-state index >= 15 is 0 Å². The van der Waals surface area contributed by atoms with Crippen molar-refractivity contribution in [3.05, 3.63) is 34.9 Å². The third-order valence-electron chi connectivity index (χ3n) is 3.65. The van der Waals surface area contributed by atoms with Gasteiger partial charge in [0.15, 0.2) is 0 Å². The van der Waals surface area contributed by atoms with Crippen molar-refractivity contribution in [1.82, 2.24) is 0 Å². The summed E-state index contributed by atoms with van der Waals surface area (Å²) in [5, 5.41) is 9.95. The maximum Gasteiger partial charge on any atom is 0.310 e. The molecular formula is C17H25ClO2. The number of benzene rings is 1. The molecule has 0 amide bonds. The van der Waals surface area contributed by atoms with Gasteiger partial charge < -0.3 is 5.11 Å². The van der Waals surface area contributed by atoms with Gasteiger partial charge in [-0.3, -0.25) is 4.79 Å². The van der Waals surface area contributed by atoms with Crippen LogP contribution in [0, 0.1) is 0 Å². The molecule has 0 aliphatic rings. The highest BCUT2D eigenvalue weighted by molar-refractivity contribution is 6.30. The van der Waals surface area contributed by atoms with Crippen LogP contribution < -0.4 is 0 Å². The van der Waals surface area contributed by atoms with Crippen LogP contribution in [0.15, 0.2) is 24.3 Å². The highest BCUT2D eigenvalue weighted by Gasteiger charge is 2.19. The van der Waals surface area contributed by atoms with Gasteiger partial charge in [-0.1, -0.05) is 75.6 Å². The molecule has 1 aromatic carbocycles. The van der Waals surface area contributed by atoms with E-state index in [1.807, 2.05) is 12.1 Å². The average Bonchev–Trinajstić information content (AvgIpc) is 2.41. The van der Waals surface area contributed by atoms with Gasteiger partial charge in [-0.05, 0) is 24.1 Å². The van der Waals surface area contributed by atoms with Crippen LogP contribution in [0.5, 0.6) is 0 Å². The minimum Gasteiger partial charge on any atom is -0.481 e. The molecule has 0 saturated heterocycles. The van der Waals surface area contributed by atoms with Crippen molar-refractivity contribution >= 4 is 17.6 Å². The lowest BCUT2D eigenvalue weighted by atomic mass is 9.93. The summed E-state index contributed by atoms with van der Waals surface area (Å²) < 4.78 is 0. The van der Waals surface area contributed by atoms with E-state index in [2.05, 4.69) is 6.92 Å². The van der Waals surface area contributed by atoms with Gasteiger partial charge in [-0.25, -0.2) is 0 Å². The molecule has 0 heterocycles. The predicted molar refractivity (Wildman–Crippen MR) is 84.4 cm³/mol. The molecule has 20 heavy (non-hydrogen) atoms.